The molecule has 138 valence electrons. The first-order chi connectivity index (χ1) is 12.5. The Morgan fingerprint density at radius 3 is 1.92 bits per heavy atom. The van der Waals surface area contributed by atoms with Crippen molar-refractivity contribution in [1.29, 1.82) is 0 Å². The summed E-state index contributed by atoms with van der Waals surface area (Å²) in [5, 5.41) is 10.0. The highest BCUT2D eigenvalue weighted by molar-refractivity contribution is 5.78. The van der Waals surface area contributed by atoms with Crippen molar-refractivity contribution in [3.8, 4) is 0 Å². The van der Waals surface area contributed by atoms with Crippen molar-refractivity contribution in [1.82, 2.24) is 0 Å². The second-order valence-corrected chi connectivity index (χ2v) is 5.99. The quantitative estimate of drug-likeness (QED) is 0.528. The molecule has 6 nitrogen and oxygen atoms in total. The average Bonchev–Trinajstić information content (AvgIpc) is 2.66. The zero-order valence-electron chi connectivity index (χ0n) is 14.5. The molecule has 2 aromatic rings. The van der Waals surface area contributed by atoms with Crippen molar-refractivity contribution >= 4 is 11.9 Å². The highest BCUT2D eigenvalue weighted by Crippen LogP contribution is 2.13. The van der Waals surface area contributed by atoms with E-state index in [4.69, 9.17) is 15.2 Å². The maximum Gasteiger partial charge on any atom is 0.353 e. The lowest BCUT2D eigenvalue weighted by Crippen LogP contribution is -2.48. The monoisotopic (exact) mass is 357 g/mol. The zero-order valence-corrected chi connectivity index (χ0v) is 14.5. The van der Waals surface area contributed by atoms with Gasteiger partial charge in [0.25, 0.3) is 0 Å². The van der Waals surface area contributed by atoms with Crippen LogP contribution in [0.15, 0.2) is 60.7 Å². The molecule has 0 heterocycles. The molecule has 0 aliphatic heterocycles. The van der Waals surface area contributed by atoms with Crippen molar-refractivity contribution < 1.29 is 24.2 Å². The van der Waals surface area contributed by atoms with Gasteiger partial charge in [-0.3, -0.25) is 10.5 Å². The van der Waals surface area contributed by atoms with E-state index in [0.29, 0.717) is 0 Å². The van der Waals surface area contributed by atoms with Gasteiger partial charge in [-0.15, -0.1) is 0 Å². The number of carbonyl (C=O) groups excluding carboxylic acids is 2. The van der Waals surface area contributed by atoms with Crippen LogP contribution in [0.25, 0.3) is 0 Å². The Hall–Kier alpha value is -2.70. The highest BCUT2D eigenvalue weighted by atomic mass is 16.6. The van der Waals surface area contributed by atoms with E-state index in [2.05, 4.69) is 0 Å². The summed E-state index contributed by atoms with van der Waals surface area (Å²) in [7, 11) is 0. The van der Waals surface area contributed by atoms with Crippen LogP contribution in [0.3, 0.4) is 0 Å². The molecule has 0 saturated heterocycles. The third kappa shape index (κ3) is 6.66. The number of carbonyl (C=O) groups is 2. The van der Waals surface area contributed by atoms with Crippen LogP contribution in [0.2, 0.25) is 0 Å². The fourth-order valence-electron chi connectivity index (χ4n) is 2.26. The minimum absolute atomic E-state index is 0.0261. The van der Waals surface area contributed by atoms with Crippen LogP contribution in [-0.2, 0) is 32.3 Å². The van der Waals surface area contributed by atoms with Gasteiger partial charge in [-0.05, 0) is 17.5 Å². The maximum atomic E-state index is 11.9. The highest BCUT2D eigenvalue weighted by Gasteiger charge is 2.32. The van der Waals surface area contributed by atoms with E-state index in [1.54, 1.807) is 12.1 Å². The van der Waals surface area contributed by atoms with E-state index >= 15 is 0 Å². The van der Waals surface area contributed by atoms with Crippen molar-refractivity contribution in [2.24, 2.45) is 5.73 Å². The summed E-state index contributed by atoms with van der Waals surface area (Å²) in [5.74, 6) is -1.33. The molecule has 0 amide bonds. The lowest BCUT2D eigenvalue weighted by Gasteiger charge is -2.20. The number of rotatable bonds is 9. The van der Waals surface area contributed by atoms with Crippen LogP contribution < -0.4 is 5.73 Å². The van der Waals surface area contributed by atoms with E-state index in [1.807, 2.05) is 48.5 Å². The van der Waals surface area contributed by atoms with Gasteiger partial charge in [0.2, 0.25) is 5.72 Å². The second kappa shape index (κ2) is 9.70. The van der Waals surface area contributed by atoms with Gasteiger partial charge in [0, 0.05) is 12.8 Å². The molecule has 0 aliphatic carbocycles. The van der Waals surface area contributed by atoms with Crippen molar-refractivity contribution in [2.75, 3.05) is 0 Å². The summed E-state index contributed by atoms with van der Waals surface area (Å²) < 4.78 is 10.2. The number of nitrogens with two attached hydrogens (primary N) is 1. The fraction of sp³-hybridized carbons (Fsp3) is 0.300. The van der Waals surface area contributed by atoms with Gasteiger partial charge in [0.15, 0.2) is 0 Å². The zero-order chi connectivity index (χ0) is 18.8. The van der Waals surface area contributed by atoms with E-state index in [-0.39, 0.29) is 32.5 Å². The summed E-state index contributed by atoms with van der Waals surface area (Å²) in [5.41, 5.74) is 5.16. The molecular weight excluding hydrogens is 334 g/mol. The van der Waals surface area contributed by atoms with E-state index in [0.717, 1.165) is 11.1 Å². The third-order valence-electron chi connectivity index (χ3n) is 3.75. The Morgan fingerprint density at radius 2 is 1.38 bits per heavy atom. The predicted molar refractivity (Wildman–Crippen MR) is 95.5 cm³/mol. The van der Waals surface area contributed by atoms with Crippen LogP contribution >= 0.6 is 0 Å². The molecule has 0 spiro atoms. The van der Waals surface area contributed by atoms with Gasteiger partial charge in [-0.1, -0.05) is 60.7 Å². The Labute approximate surface area is 152 Å². The Bertz CT molecular complexity index is 701. The predicted octanol–water partition coefficient (Wildman–Crippen LogP) is 2.29. The third-order valence-corrected chi connectivity index (χ3v) is 3.75. The molecule has 6 heteroatoms. The summed E-state index contributed by atoms with van der Waals surface area (Å²) >= 11 is 0. The number of ether oxygens (including phenoxy) is 2. The molecule has 26 heavy (non-hydrogen) atoms. The van der Waals surface area contributed by atoms with Crippen molar-refractivity contribution in [3.63, 3.8) is 0 Å². The number of aliphatic hydroxyl groups is 1. The topological polar surface area (TPSA) is 98.9 Å². The molecular formula is C20H23NO5. The van der Waals surface area contributed by atoms with E-state index in [1.165, 1.54) is 0 Å². The lowest BCUT2D eigenvalue weighted by atomic mass is 10.1. The molecule has 2 rings (SSSR count). The normalized spacial score (nSPS) is 12.8. The molecule has 0 bridgehead atoms. The summed E-state index contributed by atoms with van der Waals surface area (Å²) in [6, 6.07) is 18.4. The van der Waals surface area contributed by atoms with Gasteiger partial charge >= 0.3 is 11.9 Å². The SMILES string of the molecule is NC(O)(CCCC(=O)OCc1ccccc1)C(=O)OCc1ccccc1. The first kappa shape index (κ1) is 19.6. The summed E-state index contributed by atoms with van der Waals surface area (Å²) in [6.07, 6.45) is 0.167. The van der Waals surface area contributed by atoms with Crippen LogP contribution in [0.5, 0.6) is 0 Å². The molecule has 3 N–H and O–H groups in total. The molecule has 1 atom stereocenters. The first-order valence-corrected chi connectivity index (χ1v) is 8.39. The van der Waals surface area contributed by atoms with Crippen molar-refractivity contribution in [3.05, 3.63) is 71.8 Å². The molecule has 0 aliphatic rings. The molecule has 0 saturated carbocycles. The van der Waals surface area contributed by atoms with E-state index in [9.17, 15) is 14.7 Å². The number of esters is 2. The summed E-state index contributed by atoms with van der Waals surface area (Å²) in [4.78, 5) is 23.6. The van der Waals surface area contributed by atoms with Gasteiger partial charge in [-0.2, -0.15) is 0 Å². The van der Waals surface area contributed by atoms with E-state index < -0.39 is 17.7 Å². The van der Waals surface area contributed by atoms with Crippen LogP contribution in [0.1, 0.15) is 30.4 Å². The van der Waals surface area contributed by atoms with Gasteiger partial charge in [0.1, 0.15) is 13.2 Å². The van der Waals surface area contributed by atoms with Gasteiger partial charge < -0.3 is 14.6 Å². The van der Waals surface area contributed by atoms with Crippen LogP contribution in [-0.4, -0.2) is 22.8 Å². The number of benzene rings is 2. The second-order valence-electron chi connectivity index (χ2n) is 5.99. The van der Waals surface area contributed by atoms with Crippen LogP contribution in [0, 0.1) is 0 Å². The Kier molecular flexibility index (Phi) is 7.32. The standard InChI is InChI=1S/C20H23NO5/c21-20(24,19(23)26-15-17-10-5-2-6-11-17)13-7-12-18(22)25-14-16-8-3-1-4-9-16/h1-6,8-11,24H,7,12-15,21H2. The Morgan fingerprint density at radius 1 is 0.885 bits per heavy atom. The smallest absolute Gasteiger partial charge is 0.353 e. The van der Waals surface area contributed by atoms with Crippen LogP contribution in [0.4, 0.5) is 0 Å². The van der Waals surface area contributed by atoms with Gasteiger partial charge in [-0.25, -0.2) is 4.79 Å². The number of hydrogen-bond donors (Lipinski definition) is 2. The minimum atomic E-state index is -2.13. The first-order valence-electron chi connectivity index (χ1n) is 8.39. The summed E-state index contributed by atoms with van der Waals surface area (Å²) in [6.45, 7) is 0.212. The average molecular weight is 357 g/mol. The molecule has 0 aromatic heterocycles. The molecule has 0 fully saturated rings. The molecule has 1 unspecified atom stereocenters. The number of hydrogen-bond acceptors (Lipinski definition) is 6. The lowest BCUT2D eigenvalue weighted by molar-refractivity contribution is -0.167. The molecule has 0 radical (unpaired) electrons. The fourth-order valence-corrected chi connectivity index (χ4v) is 2.26. The minimum Gasteiger partial charge on any atom is -0.461 e. The van der Waals surface area contributed by atoms with Gasteiger partial charge in [0.05, 0.1) is 0 Å². The Balaban J connectivity index is 1.67. The van der Waals surface area contributed by atoms with Crippen molar-refractivity contribution in [2.45, 2.75) is 38.2 Å². The largest absolute Gasteiger partial charge is 0.461 e. The molecule has 2 aromatic carbocycles. The maximum absolute atomic E-state index is 11.9.